The molecule has 1 aromatic carbocycles. The highest BCUT2D eigenvalue weighted by molar-refractivity contribution is 6.31. The first kappa shape index (κ1) is 17.9. The van der Waals surface area contributed by atoms with Gasteiger partial charge in [-0.25, -0.2) is 4.79 Å². The quantitative estimate of drug-likeness (QED) is 0.796. The third-order valence-electron chi connectivity index (χ3n) is 3.69. The van der Waals surface area contributed by atoms with Crippen LogP contribution in [0.3, 0.4) is 0 Å². The van der Waals surface area contributed by atoms with Crippen molar-refractivity contribution in [3.05, 3.63) is 33.9 Å². The fourth-order valence-electron chi connectivity index (χ4n) is 2.56. The molecule has 0 spiro atoms. The minimum absolute atomic E-state index is 0.0858. The predicted octanol–water partition coefficient (Wildman–Crippen LogP) is 3.54. The highest BCUT2D eigenvalue weighted by atomic mass is 35.5. The number of nitrogens with zero attached hydrogens (tertiary/aromatic N) is 2. The number of halogens is 5. The van der Waals surface area contributed by atoms with Crippen molar-refractivity contribution in [1.82, 2.24) is 5.01 Å². The van der Waals surface area contributed by atoms with E-state index in [1.165, 1.54) is 12.1 Å². The van der Waals surface area contributed by atoms with E-state index in [9.17, 15) is 18.0 Å². The average molecular weight is 395 g/mol. The Morgan fingerprint density at radius 3 is 2.72 bits per heavy atom. The normalized spacial score (nSPS) is 22.4. The summed E-state index contributed by atoms with van der Waals surface area (Å²) in [5.74, 6) is -1.79. The maximum Gasteiger partial charge on any atom is 0.430 e. The molecule has 0 saturated carbocycles. The molecule has 0 aromatic heterocycles. The topological polar surface area (TPSA) is 62.1 Å². The van der Waals surface area contributed by atoms with Crippen LogP contribution in [0.2, 0.25) is 5.02 Å². The van der Waals surface area contributed by atoms with Gasteiger partial charge >= 0.3 is 12.1 Å². The molecule has 1 N–H and O–H groups in total. The molecule has 0 bridgehead atoms. The molecule has 0 amide bonds. The van der Waals surface area contributed by atoms with Gasteiger partial charge in [-0.2, -0.15) is 18.3 Å². The number of carboxylic acids is 1. The third-order valence-corrected chi connectivity index (χ3v) is 4.29. The van der Waals surface area contributed by atoms with E-state index in [-0.39, 0.29) is 28.3 Å². The number of ether oxygens (including phenoxy) is 1. The lowest BCUT2D eigenvalue weighted by atomic mass is 10.00. The van der Waals surface area contributed by atoms with Gasteiger partial charge in [-0.15, -0.1) is 11.6 Å². The molecular weight excluding hydrogens is 384 g/mol. The van der Waals surface area contributed by atoms with E-state index in [2.05, 4.69) is 5.10 Å². The van der Waals surface area contributed by atoms with Crippen LogP contribution in [0.25, 0.3) is 6.08 Å². The van der Waals surface area contributed by atoms with Crippen LogP contribution < -0.4 is 4.74 Å². The Balaban J connectivity index is 1.95. The van der Waals surface area contributed by atoms with Crippen molar-refractivity contribution in [2.45, 2.75) is 24.2 Å². The SMILES string of the molecule is O=C(O)C1=Cc2cc(Cl)c(CN3CC(Cl)C=N3)cc2OC1C(F)(F)F. The van der Waals surface area contributed by atoms with E-state index in [1.54, 1.807) is 11.2 Å². The van der Waals surface area contributed by atoms with Crippen molar-refractivity contribution in [1.29, 1.82) is 0 Å². The fraction of sp³-hybridized carbons (Fsp3) is 0.333. The summed E-state index contributed by atoms with van der Waals surface area (Å²) in [7, 11) is 0. The highest BCUT2D eigenvalue weighted by Gasteiger charge is 2.48. The molecule has 5 nitrogen and oxygen atoms in total. The summed E-state index contributed by atoms with van der Waals surface area (Å²) in [6, 6.07) is 2.74. The van der Waals surface area contributed by atoms with Gasteiger partial charge in [0.25, 0.3) is 0 Å². The number of rotatable bonds is 3. The summed E-state index contributed by atoms with van der Waals surface area (Å²) in [5, 5.41) is 14.7. The van der Waals surface area contributed by atoms with Gasteiger partial charge in [0.2, 0.25) is 6.10 Å². The fourth-order valence-corrected chi connectivity index (χ4v) is 3.00. The number of alkyl halides is 4. The van der Waals surface area contributed by atoms with Crippen LogP contribution in [0.15, 0.2) is 22.8 Å². The summed E-state index contributed by atoms with van der Waals surface area (Å²) in [4.78, 5) is 11.1. The van der Waals surface area contributed by atoms with Crippen LogP contribution in [0, 0.1) is 0 Å². The Kier molecular flexibility index (Phi) is 4.59. The van der Waals surface area contributed by atoms with Gasteiger partial charge in [0, 0.05) is 16.8 Å². The molecule has 134 valence electrons. The number of carbonyl (C=O) groups is 1. The number of carboxylic acid groups (broad SMARTS) is 1. The number of fused-ring (bicyclic) bond motifs is 1. The average Bonchev–Trinajstić information content (AvgIpc) is 2.91. The lowest BCUT2D eigenvalue weighted by molar-refractivity contribution is -0.187. The molecule has 2 heterocycles. The van der Waals surface area contributed by atoms with E-state index in [0.29, 0.717) is 12.1 Å². The minimum atomic E-state index is -4.85. The summed E-state index contributed by atoms with van der Waals surface area (Å²) in [6.07, 6.45) is -4.92. The summed E-state index contributed by atoms with van der Waals surface area (Å²) in [6.45, 7) is 0.686. The number of hydrogen-bond donors (Lipinski definition) is 1. The molecule has 0 fully saturated rings. The van der Waals surface area contributed by atoms with Crippen molar-refractivity contribution >= 4 is 41.5 Å². The van der Waals surface area contributed by atoms with Crippen molar-refractivity contribution in [3.8, 4) is 5.75 Å². The second-order valence-corrected chi connectivity index (χ2v) is 6.52. The predicted molar refractivity (Wildman–Crippen MR) is 86.1 cm³/mol. The molecule has 3 rings (SSSR count). The van der Waals surface area contributed by atoms with Crippen LogP contribution in [0.4, 0.5) is 13.2 Å². The Morgan fingerprint density at radius 1 is 1.44 bits per heavy atom. The standard InChI is InChI=1S/C15H11Cl2F3N2O3/c16-9-4-21-22(6-9)5-8-3-12-7(2-11(8)17)1-10(14(23)24)13(25-12)15(18,19)20/h1-4,9,13H,5-6H2,(H,23,24). The van der Waals surface area contributed by atoms with Crippen molar-refractivity contribution < 1.29 is 27.8 Å². The van der Waals surface area contributed by atoms with Crippen LogP contribution in [0.5, 0.6) is 5.75 Å². The molecule has 2 atom stereocenters. The van der Waals surface area contributed by atoms with Crippen LogP contribution in [-0.2, 0) is 11.3 Å². The number of hydrazone groups is 1. The molecule has 0 aliphatic carbocycles. The van der Waals surface area contributed by atoms with Gasteiger partial charge in [0.15, 0.2) is 0 Å². The smallest absolute Gasteiger partial charge is 0.430 e. The summed E-state index contributed by atoms with van der Waals surface area (Å²) < 4.78 is 44.2. The second kappa shape index (κ2) is 6.42. The first-order chi connectivity index (χ1) is 11.6. The molecule has 0 radical (unpaired) electrons. The maximum absolute atomic E-state index is 13.1. The van der Waals surface area contributed by atoms with Gasteiger partial charge in [-0.05, 0) is 23.8 Å². The van der Waals surface area contributed by atoms with Crippen LogP contribution >= 0.6 is 23.2 Å². The van der Waals surface area contributed by atoms with Crippen molar-refractivity contribution in [2.75, 3.05) is 6.54 Å². The monoisotopic (exact) mass is 394 g/mol. The Bertz CT molecular complexity index is 780. The molecule has 2 aliphatic heterocycles. The Morgan fingerprint density at radius 2 is 2.16 bits per heavy atom. The summed E-state index contributed by atoms with van der Waals surface area (Å²) in [5.41, 5.74) is -0.221. The van der Waals surface area contributed by atoms with E-state index in [1.807, 2.05) is 0 Å². The molecule has 0 saturated heterocycles. The molecule has 2 unspecified atom stereocenters. The Labute approximate surface area is 150 Å². The van der Waals surface area contributed by atoms with Gasteiger partial charge in [-0.1, -0.05) is 11.6 Å². The van der Waals surface area contributed by atoms with Gasteiger partial charge in [0.1, 0.15) is 5.75 Å². The van der Waals surface area contributed by atoms with Crippen LogP contribution in [0.1, 0.15) is 11.1 Å². The van der Waals surface area contributed by atoms with E-state index >= 15 is 0 Å². The van der Waals surface area contributed by atoms with Gasteiger partial charge in [-0.3, -0.25) is 5.01 Å². The molecule has 1 aromatic rings. The number of hydrogen-bond acceptors (Lipinski definition) is 4. The van der Waals surface area contributed by atoms with E-state index in [0.717, 1.165) is 6.08 Å². The summed E-state index contributed by atoms with van der Waals surface area (Å²) >= 11 is 12.1. The lowest BCUT2D eigenvalue weighted by Crippen LogP contribution is -2.40. The largest absolute Gasteiger partial charge is 0.478 e. The molecular formula is C15H11Cl2F3N2O3. The first-order valence-electron chi connectivity index (χ1n) is 7.09. The number of benzene rings is 1. The van der Waals surface area contributed by atoms with Crippen molar-refractivity contribution in [2.24, 2.45) is 5.10 Å². The van der Waals surface area contributed by atoms with E-state index in [4.69, 9.17) is 33.0 Å². The van der Waals surface area contributed by atoms with Gasteiger partial charge in [0.05, 0.1) is 24.0 Å². The highest BCUT2D eigenvalue weighted by Crippen LogP contribution is 2.39. The zero-order valence-electron chi connectivity index (χ0n) is 12.4. The molecule has 2 aliphatic rings. The minimum Gasteiger partial charge on any atom is -0.478 e. The lowest BCUT2D eigenvalue weighted by Gasteiger charge is -2.28. The van der Waals surface area contributed by atoms with Crippen molar-refractivity contribution in [3.63, 3.8) is 0 Å². The van der Waals surface area contributed by atoms with E-state index < -0.39 is 23.8 Å². The molecule has 10 heteroatoms. The first-order valence-corrected chi connectivity index (χ1v) is 7.90. The van der Waals surface area contributed by atoms with Gasteiger partial charge < -0.3 is 9.84 Å². The zero-order chi connectivity index (χ0) is 18.4. The van der Waals surface area contributed by atoms with Crippen LogP contribution in [-0.4, -0.2) is 46.5 Å². The maximum atomic E-state index is 13.1. The Hall–Kier alpha value is -1.93. The third kappa shape index (κ3) is 3.69. The zero-order valence-corrected chi connectivity index (χ0v) is 13.9. The molecule has 25 heavy (non-hydrogen) atoms. The second-order valence-electron chi connectivity index (χ2n) is 5.55. The number of aliphatic carboxylic acids is 1.